The van der Waals surface area contributed by atoms with Gasteiger partial charge in [-0.2, -0.15) is 4.98 Å². The lowest BCUT2D eigenvalue weighted by Gasteiger charge is -2.10. The van der Waals surface area contributed by atoms with Crippen molar-refractivity contribution in [2.75, 3.05) is 4.72 Å². The first-order valence-corrected chi connectivity index (χ1v) is 11.6. The van der Waals surface area contributed by atoms with Crippen molar-refractivity contribution in [1.82, 2.24) is 10.1 Å². The molecule has 0 bridgehead atoms. The number of nitrogens with one attached hydrogen (secondary N) is 1. The number of nitrogens with zero attached hydrogens (tertiary/aromatic N) is 3. The van der Waals surface area contributed by atoms with Crippen LogP contribution in [0.3, 0.4) is 0 Å². The minimum absolute atomic E-state index is 0.00315. The Morgan fingerprint density at radius 1 is 1.09 bits per heavy atom. The van der Waals surface area contributed by atoms with E-state index < -0.39 is 20.9 Å². The fourth-order valence-electron chi connectivity index (χ4n) is 3.09. The van der Waals surface area contributed by atoms with E-state index in [1.54, 1.807) is 18.2 Å². The van der Waals surface area contributed by atoms with Crippen molar-refractivity contribution < 1.29 is 27.4 Å². The van der Waals surface area contributed by atoms with Crippen molar-refractivity contribution in [3.8, 4) is 11.4 Å². The lowest BCUT2D eigenvalue weighted by atomic mass is 10.2. The summed E-state index contributed by atoms with van der Waals surface area (Å²) in [6.07, 6.45) is 0. The molecule has 0 saturated carbocycles. The van der Waals surface area contributed by atoms with Gasteiger partial charge in [-0.15, -0.1) is 0 Å². The van der Waals surface area contributed by atoms with E-state index in [9.17, 15) is 23.3 Å². The Labute approximate surface area is 199 Å². The Kier molecular flexibility index (Phi) is 6.55. The van der Waals surface area contributed by atoms with Crippen molar-refractivity contribution in [2.24, 2.45) is 0 Å². The first-order valence-electron chi connectivity index (χ1n) is 10.2. The fourth-order valence-corrected chi connectivity index (χ4v) is 4.18. The molecule has 0 aliphatic carbocycles. The van der Waals surface area contributed by atoms with Crippen molar-refractivity contribution in [2.45, 2.75) is 18.4 Å². The van der Waals surface area contributed by atoms with Crippen LogP contribution in [0.1, 0.15) is 21.8 Å². The van der Waals surface area contributed by atoms with E-state index in [1.165, 1.54) is 48.5 Å². The second-order valence-corrected chi connectivity index (χ2v) is 9.08. The molecule has 0 radical (unpaired) electrons. The van der Waals surface area contributed by atoms with Gasteiger partial charge in [-0.05, 0) is 55.0 Å². The highest BCUT2D eigenvalue weighted by molar-refractivity contribution is 7.92. The maximum atomic E-state index is 12.7. The average molecular weight is 494 g/mol. The summed E-state index contributed by atoms with van der Waals surface area (Å²) in [6.45, 7) is 1.49. The summed E-state index contributed by atoms with van der Waals surface area (Å²) in [4.78, 5) is 26.7. The number of non-ortho nitro benzene ring substituents is 1. The number of anilines is 1. The summed E-state index contributed by atoms with van der Waals surface area (Å²) in [5, 5.41) is 14.5. The Morgan fingerprint density at radius 3 is 2.54 bits per heavy atom. The first-order chi connectivity index (χ1) is 16.7. The molecule has 1 heterocycles. The third-order valence-corrected chi connectivity index (χ3v) is 6.16. The molecule has 12 heteroatoms. The molecule has 0 fully saturated rings. The maximum absolute atomic E-state index is 12.7. The van der Waals surface area contributed by atoms with Gasteiger partial charge >= 0.3 is 5.97 Å². The number of hydrogen-bond donors (Lipinski definition) is 1. The number of nitro groups is 1. The maximum Gasteiger partial charge on any atom is 0.338 e. The fraction of sp³-hybridized carbons (Fsp3) is 0.0870. The van der Waals surface area contributed by atoms with Crippen molar-refractivity contribution in [3.05, 3.63) is 99.9 Å². The number of sulfonamides is 1. The van der Waals surface area contributed by atoms with Crippen LogP contribution >= 0.6 is 0 Å². The molecule has 1 aromatic heterocycles. The second kappa shape index (κ2) is 9.73. The van der Waals surface area contributed by atoms with Crippen molar-refractivity contribution >= 4 is 27.4 Å². The molecule has 178 valence electrons. The van der Waals surface area contributed by atoms with Gasteiger partial charge in [-0.3, -0.25) is 14.8 Å². The normalized spacial score (nSPS) is 11.1. The number of esters is 1. The summed E-state index contributed by atoms with van der Waals surface area (Å²) < 4.78 is 38.2. The van der Waals surface area contributed by atoms with Crippen molar-refractivity contribution in [1.29, 1.82) is 0 Å². The number of rotatable bonds is 8. The minimum atomic E-state index is -3.93. The number of ether oxygens (including phenoxy) is 1. The van der Waals surface area contributed by atoms with Crippen LogP contribution in [0, 0.1) is 17.0 Å². The van der Waals surface area contributed by atoms with E-state index in [1.807, 2.05) is 13.0 Å². The summed E-state index contributed by atoms with van der Waals surface area (Å²) >= 11 is 0. The van der Waals surface area contributed by atoms with Crippen LogP contribution in [0.4, 0.5) is 11.4 Å². The van der Waals surface area contributed by atoms with E-state index >= 15 is 0 Å². The predicted molar refractivity (Wildman–Crippen MR) is 124 cm³/mol. The Hall–Kier alpha value is -4.58. The molecular formula is C23H18N4O7S. The largest absolute Gasteiger partial charge is 0.452 e. The lowest BCUT2D eigenvalue weighted by molar-refractivity contribution is -0.384. The van der Waals surface area contributed by atoms with Gasteiger partial charge in [0.15, 0.2) is 6.61 Å². The highest BCUT2D eigenvalue weighted by Crippen LogP contribution is 2.21. The smallest absolute Gasteiger partial charge is 0.338 e. The lowest BCUT2D eigenvalue weighted by Crippen LogP contribution is -2.14. The van der Waals surface area contributed by atoms with Crippen LogP contribution < -0.4 is 4.72 Å². The van der Waals surface area contributed by atoms with Gasteiger partial charge < -0.3 is 9.26 Å². The van der Waals surface area contributed by atoms with Crippen LogP contribution in [-0.4, -0.2) is 29.5 Å². The SMILES string of the molecule is Cc1cccc(NS(=O)(=O)c2cccc(C(=O)OCc3nc(-c4ccc([N+](=O)[O-])cc4)no3)c2)c1. The third-order valence-electron chi connectivity index (χ3n) is 4.78. The topological polar surface area (TPSA) is 155 Å². The van der Waals surface area contributed by atoms with Gasteiger partial charge in [0.25, 0.3) is 21.6 Å². The number of carbonyl (C=O) groups excluding carboxylic acids is 1. The van der Waals surface area contributed by atoms with Crippen LogP contribution in [0.2, 0.25) is 0 Å². The summed E-state index contributed by atoms with van der Waals surface area (Å²) in [5.41, 5.74) is 1.71. The monoisotopic (exact) mass is 494 g/mol. The molecule has 0 atom stereocenters. The van der Waals surface area contributed by atoms with Crippen LogP contribution in [0.15, 0.2) is 82.2 Å². The van der Waals surface area contributed by atoms with Gasteiger partial charge in [0.1, 0.15) is 0 Å². The average Bonchev–Trinajstić information content (AvgIpc) is 3.31. The third kappa shape index (κ3) is 5.68. The molecule has 35 heavy (non-hydrogen) atoms. The Balaban J connectivity index is 1.42. The predicted octanol–water partition coefficient (Wildman–Crippen LogP) is 4.11. The molecular weight excluding hydrogens is 476 g/mol. The summed E-state index contributed by atoms with van der Waals surface area (Å²) in [6, 6.07) is 17.8. The molecule has 0 aliphatic heterocycles. The molecule has 0 spiro atoms. The summed E-state index contributed by atoms with van der Waals surface area (Å²) in [7, 11) is -3.93. The van der Waals surface area contributed by atoms with E-state index in [0.29, 0.717) is 11.3 Å². The molecule has 1 N–H and O–H groups in total. The van der Waals surface area contributed by atoms with E-state index in [0.717, 1.165) is 5.56 Å². The molecule has 4 rings (SSSR count). The van der Waals surface area contributed by atoms with Gasteiger partial charge in [-0.25, -0.2) is 13.2 Å². The highest BCUT2D eigenvalue weighted by atomic mass is 32.2. The molecule has 0 aliphatic rings. The number of carbonyl (C=O) groups is 1. The molecule has 3 aromatic carbocycles. The molecule has 4 aromatic rings. The molecule has 0 saturated heterocycles. The quantitative estimate of drug-likeness (QED) is 0.216. The molecule has 0 amide bonds. The van der Waals surface area contributed by atoms with E-state index in [-0.39, 0.29) is 34.5 Å². The number of hydrogen-bond acceptors (Lipinski definition) is 9. The van der Waals surface area contributed by atoms with E-state index in [4.69, 9.17) is 9.26 Å². The zero-order valence-electron chi connectivity index (χ0n) is 18.2. The standard InChI is InChI=1S/C23H18N4O7S/c1-15-4-2-6-18(12-15)26-35(31,32)20-7-3-5-17(13-20)23(28)33-14-21-24-22(25-34-21)16-8-10-19(11-9-16)27(29)30/h2-13,26H,14H2,1H3. The van der Waals surface area contributed by atoms with Crippen LogP contribution in [-0.2, 0) is 21.4 Å². The summed E-state index contributed by atoms with van der Waals surface area (Å²) in [5.74, 6) is -0.620. The van der Waals surface area contributed by atoms with Crippen molar-refractivity contribution in [3.63, 3.8) is 0 Å². The van der Waals surface area contributed by atoms with Gasteiger partial charge in [0.2, 0.25) is 5.82 Å². The zero-order valence-corrected chi connectivity index (χ0v) is 19.1. The second-order valence-electron chi connectivity index (χ2n) is 7.39. The number of benzene rings is 3. The van der Waals surface area contributed by atoms with Gasteiger partial charge in [0.05, 0.1) is 15.4 Å². The number of nitro benzene ring substituents is 1. The first kappa shape index (κ1) is 23.6. The van der Waals surface area contributed by atoms with Crippen LogP contribution in [0.25, 0.3) is 11.4 Å². The van der Waals surface area contributed by atoms with E-state index in [2.05, 4.69) is 14.9 Å². The van der Waals surface area contributed by atoms with Crippen LogP contribution in [0.5, 0.6) is 0 Å². The zero-order chi connectivity index (χ0) is 25.0. The molecule has 0 unspecified atom stereocenters. The molecule has 11 nitrogen and oxygen atoms in total. The minimum Gasteiger partial charge on any atom is -0.452 e. The van der Waals surface area contributed by atoms with Gasteiger partial charge in [0, 0.05) is 23.4 Å². The number of aryl methyl sites for hydroxylation is 1. The highest BCUT2D eigenvalue weighted by Gasteiger charge is 2.18. The number of aromatic nitrogens is 2. The Bertz CT molecular complexity index is 1500. The van der Waals surface area contributed by atoms with Gasteiger partial charge in [-0.1, -0.05) is 23.4 Å². The Morgan fingerprint density at radius 2 is 1.83 bits per heavy atom.